The van der Waals surface area contributed by atoms with E-state index in [-0.39, 0.29) is 11.9 Å². The van der Waals surface area contributed by atoms with Gasteiger partial charge in [-0.1, -0.05) is 0 Å². The number of anilines is 1. The number of nitrogens with zero attached hydrogens (tertiary/aromatic N) is 1. The van der Waals surface area contributed by atoms with E-state index in [0.29, 0.717) is 17.3 Å². The lowest BCUT2D eigenvalue weighted by Crippen LogP contribution is -2.30. The molecule has 0 heterocycles. The zero-order valence-electron chi connectivity index (χ0n) is 10.6. The summed E-state index contributed by atoms with van der Waals surface area (Å²) in [6.07, 6.45) is 2.12. The molecule has 1 aliphatic carbocycles. The Kier molecular flexibility index (Phi) is 3.50. The highest BCUT2D eigenvalue weighted by atomic mass is 16.2. The first-order valence-electron chi connectivity index (χ1n) is 5.95. The highest BCUT2D eigenvalue weighted by Gasteiger charge is 2.23. The second-order valence-corrected chi connectivity index (χ2v) is 4.65. The Hall–Kier alpha value is -2.04. The van der Waals surface area contributed by atoms with Crippen LogP contribution in [0.1, 0.15) is 23.2 Å². The fourth-order valence-electron chi connectivity index (χ4n) is 1.53. The predicted molar refractivity (Wildman–Crippen MR) is 69.6 cm³/mol. The minimum Gasteiger partial charge on any atom is -0.345 e. The van der Waals surface area contributed by atoms with Gasteiger partial charge in [0.25, 0.3) is 5.91 Å². The molecule has 0 spiro atoms. The zero-order chi connectivity index (χ0) is 13.1. The summed E-state index contributed by atoms with van der Waals surface area (Å²) in [6, 6.07) is 7.00. The predicted octanol–water partition coefficient (Wildman–Crippen LogP) is 1.67. The molecule has 2 rings (SSSR count). The molecular weight excluding hydrogens is 230 g/mol. The molecular formula is C13H17N3O2. The number of hydrogen-bond acceptors (Lipinski definition) is 2. The molecule has 0 unspecified atom stereocenters. The smallest absolute Gasteiger partial charge is 0.319 e. The number of hydrogen-bond donors (Lipinski definition) is 2. The SMILES string of the molecule is CN(C)C(=O)c1ccc(NC(=O)NC2CC2)cc1. The highest BCUT2D eigenvalue weighted by Crippen LogP contribution is 2.19. The van der Waals surface area contributed by atoms with E-state index in [4.69, 9.17) is 0 Å². The lowest BCUT2D eigenvalue weighted by Gasteiger charge is -2.11. The molecule has 0 atom stereocenters. The highest BCUT2D eigenvalue weighted by molar-refractivity contribution is 5.95. The minimum atomic E-state index is -0.191. The number of carbonyl (C=O) groups excluding carboxylic acids is 2. The van der Waals surface area contributed by atoms with E-state index < -0.39 is 0 Å². The molecule has 1 aromatic rings. The zero-order valence-corrected chi connectivity index (χ0v) is 10.6. The van der Waals surface area contributed by atoms with Gasteiger partial charge in [0.1, 0.15) is 0 Å². The summed E-state index contributed by atoms with van der Waals surface area (Å²) in [6.45, 7) is 0. The van der Waals surface area contributed by atoms with Crippen LogP contribution in [0.25, 0.3) is 0 Å². The molecule has 1 aliphatic rings. The molecule has 5 heteroatoms. The molecule has 18 heavy (non-hydrogen) atoms. The van der Waals surface area contributed by atoms with Gasteiger partial charge in [0.2, 0.25) is 0 Å². The fourth-order valence-corrected chi connectivity index (χ4v) is 1.53. The van der Waals surface area contributed by atoms with Crippen molar-refractivity contribution in [1.29, 1.82) is 0 Å². The quantitative estimate of drug-likeness (QED) is 0.853. The molecule has 2 N–H and O–H groups in total. The van der Waals surface area contributed by atoms with Gasteiger partial charge in [-0.05, 0) is 37.1 Å². The maximum Gasteiger partial charge on any atom is 0.319 e. The average Bonchev–Trinajstić information content (AvgIpc) is 3.12. The van der Waals surface area contributed by atoms with Crippen molar-refractivity contribution in [2.45, 2.75) is 18.9 Å². The number of rotatable bonds is 3. The van der Waals surface area contributed by atoms with E-state index >= 15 is 0 Å². The van der Waals surface area contributed by atoms with Crippen LogP contribution in [-0.4, -0.2) is 37.0 Å². The summed E-state index contributed by atoms with van der Waals surface area (Å²) in [5.41, 5.74) is 1.29. The molecule has 1 fully saturated rings. The largest absolute Gasteiger partial charge is 0.345 e. The van der Waals surface area contributed by atoms with E-state index in [1.165, 1.54) is 4.90 Å². The van der Waals surface area contributed by atoms with Crippen molar-refractivity contribution in [2.24, 2.45) is 0 Å². The van der Waals surface area contributed by atoms with Gasteiger partial charge in [0.05, 0.1) is 0 Å². The molecule has 0 bridgehead atoms. The van der Waals surface area contributed by atoms with Gasteiger partial charge in [-0.25, -0.2) is 4.79 Å². The molecule has 0 radical (unpaired) electrons. The Morgan fingerprint density at radius 1 is 1.17 bits per heavy atom. The second kappa shape index (κ2) is 5.08. The maximum atomic E-state index is 11.7. The van der Waals surface area contributed by atoms with Gasteiger partial charge < -0.3 is 15.5 Å². The van der Waals surface area contributed by atoms with Crippen LogP contribution in [0.15, 0.2) is 24.3 Å². The Balaban J connectivity index is 1.94. The van der Waals surface area contributed by atoms with E-state index in [0.717, 1.165) is 12.8 Å². The van der Waals surface area contributed by atoms with Crippen molar-refractivity contribution in [3.8, 4) is 0 Å². The fraction of sp³-hybridized carbons (Fsp3) is 0.385. The number of urea groups is 1. The molecule has 3 amide bonds. The van der Waals surface area contributed by atoms with E-state index in [9.17, 15) is 9.59 Å². The summed E-state index contributed by atoms with van der Waals surface area (Å²) in [5.74, 6) is -0.0519. The van der Waals surface area contributed by atoms with Gasteiger partial charge in [-0.15, -0.1) is 0 Å². The Bertz CT molecular complexity index is 450. The summed E-state index contributed by atoms with van der Waals surface area (Å²) in [4.78, 5) is 24.7. The molecule has 1 saturated carbocycles. The van der Waals surface area contributed by atoms with E-state index in [1.807, 2.05) is 0 Å². The third-order valence-electron chi connectivity index (χ3n) is 2.71. The van der Waals surface area contributed by atoms with Gasteiger partial charge in [0.15, 0.2) is 0 Å². The topological polar surface area (TPSA) is 61.4 Å². The molecule has 1 aromatic carbocycles. The summed E-state index contributed by atoms with van der Waals surface area (Å²) >= 11 is 0. The molecule has 0 saturated heterocycles. The molecule has 0 aliphatic heterocycles. The Labute approximate surface area is 106 Å². The minimum absolute atomic E-state index is 0.0519. The van der Waals surface area contributed by atoms with Gasteiger partial charge in [-0.2, -0.15) is 0 Å². The Morgan fingerprint density at radius 3 is 2.28 bits per heavy atom. The van der Waals surface area contributed by atoms with Gasteiger partial charge in [-0.3, -0.25) is 4.79 Å². The van der Waals surface area contributed by atoms with Crippen LogP contribution in [0.4, 0.5) is 10.5 Å². The number of benzene rings is 1. The molecule has 0 aromatic heterocycles. The van der Waals surface area contributed by atoms with Crippen molar-refractivity contribution in [3.63, 3.8) is 0 Å². The van der Waals surface area contributed by atoms with Crippen LogP contribution >= 0.6 is 0 Å². The second-order valence-electron chi connectivity index (χ2n) is 4.65. The number of nitrogens with one attached hydrogen (secondary N) is 2. The van der Waals surface area contributed by atoms with Crippen LogP contribution in [0.3, 0.4) is 0 Å². The van der Waals surface area contributed by atoms with Crippen molar-refractivity contribution >= 4 is 17.6 Å². The first-order valence-corrected chi connectivity index (χ1v) is 5.95. The van der Waals surface area contributed by atoms with E-state index in [1.54, 1.807) is 38.4 Å². The normalized spacial score (nSPS) is 13.9. The number of amides is 3. The molecule has 5 nitrogen and oxygen atoms in total. The maximum absolute atomic E-state index is 11.7. The van der Waals surface area contributed by atoms with Crippen molar-refractivity contribution in [3.05, 3.63) is 29.8 Å². The van der Waals surface area contributed by atoms with Crippen LogP contribution in [0.2, 0.25) is 0 Å². The van der Waals surface area contributed by atoms with Crippen LogP contribution in [-0.2, 0) is 0 Å². The Morgan fingerprint density at radius 2 is 1.78 bits per heavy atom. The standard InChI is InChI=1S/C13H17N3O2/c1-16(2)12(17)9-3-5-10(6-4-9)14-13(18)15-11-7-8-11/h3-6,11H,7-8H2,1-2H3,(H2,14,15,18). The van der Waals surface area contributed by atoms with Crippen LogP contribution in [0, 0.1) is 0 Å². The number of carbonyl (C=O) groups is 2. The first kappa shape index (κ1) is 12.4. The van der Waals surface area contributed by atoms with E-state index in [2.05, 4.69) is 10.6 Å². The first-order chi connectivity index (χ1) is 8.56. The van der Waals surface area contributed by atoms with Crippen molar-refractivity contribution < 1.29 is 9.59 Å². The third kappa shape index (κ3) is 3.23. The van der Waals surface area contributed by atoms with Crippen LogP contribution < -0.4 is 10.6 Å². The summed E-state index contributed by atoms with van der Waals surface area (Å²) in [7, 11) is 3.41. The molecule has 96 valence electrons. The lowest BCUT2D eigenvalue weighted by molar-refractivity contribution is 0.0827. The van der Waals surface area contributed by atoms with Crippen molar-refractivity contribution in [1.82, 2.24) is 10.2 Å². The van der Waals surface area contributed by atoms with Crippen LogP contribution in [0.5, 0.6) is 0 Å². The lowest BCUT2D eigenvalue weighted by atomic mass is 10.2. The van der Waals surface area contributed by atoms with Crippen molar-refractivity contribution in [2.75, 3.05) is 19.4 Å². The summed E-state index contributed by atoms with van der Waals surface area (Å²) < 4.78 is 0. The third-order valence-corrected chi connectivity index (χ3v) is 2.71. The average molecular weight is 247 g/mol. The van der Waals surface area contributed by atoms with Gasteiger partial charge >= 0.3 is 6.03 Å². The summed E-state index contributed by atoms with van der Waals surface area (Å²) in [5, 5.41) is 5.57. The monoisotopic (exact) mass is 247 g/mol. The van der Waals surface area contributed by atoms with Gasteiger partial charge in [0, 0.05) is 31.4 Å².